The van der Waals surface area contributed by atoms with Crippen molar-refractivity contribution in [3.8, 4) is 5.75 Å². The summed E-state index contributed by atoms with van der Waals surface area (Å²) in [5, 5.41) is 0. The number of ether oxygens (including phenoxy) is 2. The zero-order valence-corrected chi connectivity index (χ0v) is 10.6. The molecule has 1 aliphatic heterocycles. The number of methoxy groups -OCH3 is 1. The first-order valence-electron chi connectivity index (χ1n) is 5.64. The van der Waals surface area contributed by atoms with Crippen molar-refractivity contribution in [2.24, 2.45) is 0 Å². The fourth-order valence-electron chi connectivity index (χ4n) is 2.03. The third-order valence-electron chi connectivity index (χ3n) is 2.85. The van der Waals surface area contributed by atoms with Crippen LogP contribution in [0.4, 0.5) is 5.69 Å². The summed E-state index contributed by atoms with van der Waals surface area (Å²) in [5.41, 5.74) is 2.60. The van der Waals surface area contributed by atoms with Gasteiger partial charge in [-0.1, -0.05) is 6.07 Å². The maximum absolute atomic E-state index is 11.8. The lowest BCUT2D eigenvalue weighted by atomic mass is 10.1. The molecular weight excluding hydrogens is 234 g/mol. The predicted octanol–water partition coefficient (Wildman–Crippen LogP) is 1.20. The van der Waals surface area contributed by atoms with Crippen LogP contribution in [0, 0.1) is 13.8 Å². The van der Waals surface area contributed by atoms with Crippen LogP contribution >= 0.6 is 0 Å². The van der Waals surface area contributed by atoms with Crippen molar-refractivity contribution >= 4 is 17.6 Å². The molecular formula is C13H15NO4. The summed E-state index contributed by atoms with van der Waals surface area (Å²) in [6.45, 7) is 3.71. The average molecular weight is 249 g/mol. The SMILES string of the molecule is COC(=O)CN1C(=O)COc2c(C)cc(C)cc21. The highest BCUT2D eigenvalue weighted by Crippen LogP contribution is 2.36. The molecule has 5 nitrogen and oxygen atoms in total. The van der Waals surface area contributed by atoms with Crippen molar-refractivity contribution in [2.75, 3.05) is 25.2 Å². The van der Waals surface area contributed by atoms with Crippen LogP contribution in [0.5, 0.6) is 5.75 Å². The second-order valence-electron chi connectivity index (χ2n) is 4.27. The molecule has 1 amide bonds. The Kier molecular flexibility index (Phi) is 3.23. The minimum absolute atomic E-state index is 0.0477. The summed E-state index contributed by atoms with van der Waals surface area (Å²) in [6.07, 6.45) is 0. The molecule has 1 aromatic carbocycles. The largest absolute Gasteiger partial charge is 0.481 e. The van der Waals surface area contributed by atoms with Gasteiger partial charge in [-0.05, 0) is 31.0 Å². The number of carbonyl (C=O) groups excluding carboxylic acids is 2. The minimum Gasteiger partial charge on any atom is -0.481 e. The van der Waals surface area contributed by atoms with Crippen LogP contribution in [0.15, 0.2) is 12.1 Å². The zero-order valence-electron chi connectivity index (χ0n) is 10.6. The Morgan fingerprint density at radius 1 is 1.44 bits per heavy atom. The maximum Gasteiger partial charge on any atom is 0.325 e. The number of carbonyl (C=O) groups is 2. The molecule has 0 fully saturated rings. The van der Waals surface area contributed by atoms with Crippen LogP contribution in [0.25, 0.3) is 0 Å². The highest BCUT2D eigenvalue weighted by molar-refractivity contribution is 6.01. The first-order valence-corrected chi connectivity index (χ1v) is 5.64. The number of amides is 1. The van der Waals surface area contributed by atoms with E-state index in [0.717, 1.165) is 11.1 Å². The number of esters is 1. The van der Waals surface area contributed by atoms with Gasteiger partial charge in [0.1, 0.15) is 12.3 Å². The molecule has 0 aliphatic carbocycles. The second-order valence-corrected chi connectivity index (χ2v) is 4.27. The lowest BCUT2D eigenvalue weighted by Gasteiger charge is -2.29. The summed E-state index contributed by atoms with van der Waals surface area (Å²) < 4.78 is 10.0. The predicted molar refractivity (Wildman–Crippen MR) is 65.8 cm³/mol. The van der Waals surface area contributed by atoms with E-state index in [1.807, 2.05) is 26.0 Å². The number of hydrogen-bond donors (Lipinski definition) is 0. The smallest absolute Gasteiger partial charge is 0.325 e. The van der Waals surface area contributed by atoms with Crippen molar-refractivity contribution in [1.29, 1.82) is 0 Å². The van der Waals surface area contributed by atoms with E-state index in [1.165, 1.54) is 12.0 Å². The van der Waals surface area contributed by atoms with Gasteiger partial charge in [-0.2, -0.15) is 0 Å². The molecule has 0 spiro atoms. The van der Waals surface area contributed by atoms with Crippen LogP contribution < -0.4 is 9.64 Å². The van der Waals surface area contributed by atoms with E-state index in [1.54, 1.807) is 0 Å². The summed E-state index contributed by atoms with van der Waals surface area (Å²) >= 11 is 0. The Balaban J connectivity index is 2.43. The Bertz CT molecular complexity index is 510. The summed E-state index contributed by atoms with van der Waals surface area (Å²) in [4.78, 5) is 24.6. The number of rotatable bonds is 2. The molecule has 0 radical (unpaired) electrons. The fraction of sp³-hybridized carbons (Fsp3) is 0.385. The molecule has 0 atom stereocenters. The van der Waals surface area contributed by atoms with Crippen LogP contribution in [0.1, 0.15) is 11.1 Å². The van der Waals surface area contributed by atoms with Crippen LogP contribution in [0.2, 0.25) is 0 Å². The molecule has 1 heterocycles. The van der Waals surface area contributed by atoms with Gasteiger partial charge >= 0.3 is 5.97 Å². The fourth-order valence-corrected chi connectivity index (χ4v) is 2.03. The van der Waals surface area contributed by atoms with Crippen LogP contribution in [-0.4, -0.2) is 32.1 Å². The van der Waals surface area contributed by atoms with Gasteiger partial charge in [0, 0.05) is 0 Å². The van der Waals surface area contributed by atoms with Crippen molar-refractivity contribution in [2.45, 2.75) is 13.8 Å². The molecule has 2 rings (SSSR count). The molecule has 0 N–H and O–H groups in total. The van der Waals surface area contributed by atoms with Crippen LogP contribution in [-0.2, 0) is 14.3 Å². The van der Waals surface area contributed by atoms with Gasteiger partial charge in [-0.25, -0.2) is 0 Å². The van der Waals surface area contributed by atoms with E-state index in [-0.39, 0.29) is 19.1 Å². The molecule has 5 heteroatoms. The van der Waals surface area contributed by atoms with E-state index in [2.05, 4.69) is 4.74 Å². The molecule has 0 saturated carbocycles. The number of fused-ring (bicyclic) bond motifs is 1. The quantitative estimate of drug-likeness (QED) is 0.739. The number of benzene rings is 1. The number of anilines is 1. The highest BCUT2D eigenvalue weighted by Gasteiger charge is 2.28. The molecule has 0 aromatic heterocycles. The Hall–Kier alpha value is -2.04. The van der Waals surface area contributed by atoms with E-state index in [4.69, 9.17) is 4.74 Å². The van der Waals surface area contributed by atoms with Crippen molar-refractivity contribution < 1.29 is 19.1 Å². The van der Waals surface area contributed by atoms with Crippen LogP contribution in [0.3, 0.4) is 0 Å². The summed E-state index contributed by atoms with van der Waals surface area (Å²) in [5.74, 6) is -0.0302. The second kappa shape index (κ2) is 4.68. The maximum atomic E-state index is 11.8. The molecule has 1 aliphatic rings. The van der Waals surface area contributed by atoms with E-state index >= 15 is 0 Å². The molecule has 1 aromatic rings. The zero-order chi connectivity index (χ0) is 13.3. The Labute approximate surface area is 105 Å². The summed E-state index contributed by atoms with van der Waals surface area (Å²) in [6, 6.07) is 3.81. The standard InChI is InChI=1S/C13H15NO4/c1-8-4-9(2)13-10(5-8)14(6-12(16)17-3)11(15)7-18-13/h4-5H,6-7H2,1-3H3. The summed E-state index contributed by atoms with van der Waals surface area (Å²) in [7, 11) is 1.30. The third-order valence-corrected chi connectivity index (χ3v) is 2.85. The van der Waals surface area contributed by atoms with Gasteiger partial charge in [0.25, 0.3) is 5.91 Å². The van der Waals surface area contributed by atoms with E-state index in [0.29, 0.717) is 11.4 Å². The van der Waals surface area contributed by atoms with Gasteiger partial charge in [-0.15, -0.1) is 0 Å². The molecule has 0 bridgehead atoms. The first-order chi connectivity index (χ1) is 8.52. The van der Waals surface area contributed by atoms with Crippen molar-refractivity contribution in [3.05, 3.63) is 23.3 Å². The van der Waals surface area contributed by atoms with Crippen molar-refractivity contribution in [3.63, 3.8) is 0 Å². The molecule has 0 unspecified atom stereocenters. The van der Waals surface area contributed by atoms with Gasteiger partial charge in [-0.3, -0.25) is 14.5 Å². The number of hydrogen-bond acceptors (Lipinski definition) is 4. The van der Waals surface area contributed by atoms with E-state index < -0.39 is 5.97 Å². The normalized spacial score (nSPS) is 13.9. The monoisotopic (exact) mass is 249 g/mol. The number of aryl methyl sites for hydroxylation is 2. The first kappa shape index (κ1) is 12.4. The van der Waals surface area contributed by atoms with Gasteiger partial charge < -0.3 is 9.47 Å². The highest BCUT2D eigenvalue weighted by atomic mass is 16.5. The number of nitrogens with zero attached hydrogens (tertiary/aromatic N) is 1. The van der Waals surface area contributed by atoms with Gasteiger partial charge in [0.05, 0.1) is 12.8 Å². The Morgan fingerprint density at radius 3 is 2.83 bits per heavy atom. The Morgan fingerprint density at radius 2 is 2.17 bits per heavy atom. The molecule has 96 valence electrons. The van der Waals surface area contributed by atoms with Gasteiger partial charge in [0.15, 0.2) is 6.61 Å². The molecule has 18 heavy (non-hydrogen) atoms. The topological polar surface area (TPSA) is 55.8 Å². The van der Waals surface area contributed by atoms with Gasteiger partial charge in [0.2, 0.25) is 0 Å². The average Bonchev–Trinajstić information content (AvgIpc) is 2.32. The van der Waals surface area contributed by atoms with E-state index in [9.17, 15) is 9.59 Å². The lowest BCUT2D eigenvalue weighted by molar-refractivity contribution is -0.140. The minimum atomic E-state index is -0.449. The lowest BCUT2D eigenvalue weighted by Crippen LogP contribution is -2.42. The molecule has 0 saturated heterocycles. The third kappa shape index (κ3) is 2.16. The van der Waals surface area contributed by atoms with Crippen molar-refractivity contribution in [1.82, 2.24) is 0 Å².